The van der Waals surface area contributed by atoms with E-state index in [0.717, 1.165) is 12.0 Å². The van der Waals surface area contributed by atoms with Gasteiger partial charge in [-0.25, -0.2) is 4.39 Å². The second-order valence-electron chi connectivity index (χ2n) is 5.21. The maximum Gasteiger partial charge on any atom is 0.138 e. The van der Waals surface area contributed by atoms with Gasteiger partial charge in [-0.1, -0.05) is 36.7 Å². The second-order valence-corrected chi connectivity index (χ2v) is 5.61. The molecule has 2 aromatic carbocycles. The van der Waals surface area contributed by atoms with Crippen LogP contribution in [0.5, 0.6) is 5.75 Å². The molecule has 0 aliphatic rings. The Balaban J connectivity index is 2.31. The van der Waals surface area contributed by atoms with E-state index in [2.05, 4.69) is 6.07 Å². The van der Waals surface area contributed by atoms with Gasteiger partial charge in [-0.05, 0) is 54.8 Å². The van der Waals surface area contributed by atoms with E-state index < -0.39 is 0 Å². The van der Waals surface area contributed by atoms with E-state index in [1.165, 1.54) is 12.1 Å². The lowest BCUT2D eigenvalue weighted by molar-refractivity contribution is 0.217. The number of allylic oxidation sites excluding steroid dienone is 1. The Morgan fingerprint density at radius 3 is 2.74 bits per heavy atom. The van der Waals surface area contributed by atoms with Crippen LogP contribution in [0.1, 0.15) is 31.4 Å². The van der Waals surface area contributed by atoms with Crippen LogP contribution in [0.2, 0.25) is 5.02 Å². The van der Waals surface area contributed by atoms with Crippen LogP contribution in [0.3, 0.4) is 0 Å². The number of nitriles is 1. The second kappa shape index (κ2) is 7.80. The van der Waals surface area contributed by atoms with Crippen LogP contribution in [0, 0.1) is 17.1 Å². The predicted octanol–water partition coefficient (Wildman–Crippen LogP) is 5.72. The summed E-state index contributed by atoms with van der Waals surface area (Å²) in [6.07, 6.45) is 2.64. The van der Waals surface area contributed by atoms with E-state index in [1.54, 1.807) is 30.3 Å². The van der Waals surface area contributed by atoms with Crippen LogP contribution in [0.4, 0.5) is 4.39 Å². The number of ether oxygens (including phenoxy) is 1. The van der Waals surface area contributed by atoms with Crippen molar-refractivity contribution in [1.82, 2.24) is 0 Å². The Bertz CT molecular complexity index is 764. The standard InChI is InChI=1S/C19H17ClFNO/c1-3-13(2)23-19-8-7-14(10-18(19)20)9-16(12-22)15-5-4-6-17(21)11-15/h4-11,13H,3H2,1-2H3/b16-9-/t13-/m0/s1. The largest absolute Gasteiger partial charge is 0.489 e. The summed E-state index contributed by atoms with van der Waals surface area (Å²) in [5, 5.41) is 9.79. The van der Waals surface area contributed by atoms with Gasteiger partial charge in [0.05, 0.1) is 22.8 Å². The van der Waals surface area contributed by atoms with Crippen molar-refractivity contribution >= 4 is 23.3 Å². The maximum absolute atomic E-state index is 13.3. The van der Waals surface area contributed by atoms with Crippen molar-refractivity contribution in [2.45, 2.75) is 26.4 Å². The van der Waals surface area contributed by atoms with Gasteiger partial charge in [0.2, 0.25) is 0 Å². The molecule has 0 unspecified atom stereocenters. The van der Waals surface area contributed by atoms with Gasteiger partial charge in [-0.2, -0.15) is 5.26 Å². The van der Waals surface area contributed by atoms with E-state index in [1.807, 2.05) is 19.9 Å². The fourth-order valence-electron chi connectivity index (χ4n) is 2.01. The Morgan fingerprint density at radius 2 is 2.13 bits per heavy atom. The zero-order valence-corrected chi connectivity index (χ0v) is 13.8. The summed E-state index contributed by atoms with van der Waals surface area (Å²) in [6, 6.07) is 13.4. The van der Waals surface area contributed by atoms with Gasteiger partial charge in [0, 0.05) is 0 Å². The van der Waals surface area contributed by atoms with Crippen LogP contribution >= 0.6 is 11.6 Å². The van der Waals surface area contributed by atoms with Crippen LogP contribution in [-0.2, 0) is 0 Å². The van der Waals surface area contributed by atoms with Crippen molar-refractivity contribution < 1.29 is 9.13 Å². The van der Waals surface area contributed by atoms with Gasteiger partial charge in [0.1, 0.15) is 11.6 Å². The highest BCUT2D eigenvalue weighted by atomic mass is 35.5. The number of rotatable bonds is 5. The number of hydrogen-bond donors (Lipinski definition) is 0. The lowest BCUT2D eigenvalue weighted by atomic mass is 10.0. The minimum Gasteiger partial charge on any atom is -0.489 e. The first kappa shape index (κ1) is 17.1. The molecule has 2 nitrogen and oxygen atoms in total. The Morgan fingerprint density at radius 1 is 1.35 bits per heavy atom. The van der Waals surface area contributed by atoms with Crippen LogP contribution < -0.4 is 4.74 Å². The lowest BCUT2D eigenvalue weighted by Gasteiger charge is -2.14. The van der Waals surface area contributed by atoms with E-state index in [0.29, 0.717) is 21.9 Å². The molecule has 4 heteroatoms. The summed E-state index contributed by atoms with van der Waals surface area (Å²) in [5.41, 5.74) is 1.66. The highest BCUT2D eigenvalue weighted by Gasteiger charge is 2.07. The molecule has 0 radical (unpaired) electrons. The number of benzene rings is 2. The fourth-order valence-corrected chi connectivity index (χ4v) is 2.24. The molecule has 0 spiro atoms. The van der Waals surface area contributed by atoms with Crippen molar-refractivity contribution in [3.05, 3.63) is 64.4 Å². The summed E-state index contributed by atoms with van der Waals surface area (Å²) in [6.45, 7) is 4.01. The molecular formula is C19H17ClFNO. The molecule has 0 aliphatic heterocycles. The fraction of sp³-hybridized carbons (Fsp3) is 0.211. The third-order valence-electron chi connectivity index (χ3n) is 3.43. The molecule has 0 aromatic heterocycles. The molecule has 0 N–H and O–H groups in total. The smallest absolute Gasteiger partial charge is 0.138 e. The Kier molecular flexibility index (Phi) is 5.78. The monoisotopic (exact) mass is 329 g/mol. The summed E-state index contributed by atoms with van der Waals surface area (Å²) in [7, 11) is 0. The normalized spacial score (nSPS) is 12.6. The average Bonchev–Trinajstić information content (AvgIpc) is 2.54. The zero-order valence-electron chi connectivity index (χ0n) is 13.0. The van der Waals surface area contributed by atoms with E-state index in [-0.39, 0.29) is 11.9 Å². The van der Waals surface area contributed by atoms with Gasteiger partial charge < -0.3 is 4.74 Å². The maximum atomic E-state index is 13.3. The zero-order chi connectivity index (χ0) is 16.8. The molecule has 118 valence electrons. The van der Waals surface area contributed by atoms with E-state index in [9.17, 15) is 9.65 Å². The lowest BCUT2D eigenvalue weighted by Crippen LogP contribution is -2.09. The van der Waals surface area contributed by atoms with Crippen LogP contribution in [0.25, 0.3) is 11.6 Å². The Hall–Kier alpha value is -2.31. The molecule has 0 heterocycles. The first-order valence-electron chi connectivity index (χ1n) is 7.37. The molecule has 0 amide bonds. The average molecular weight is 330 g/mol. The third kappa shape index (κ3) is 4.58. The van der Waals surface area contributed by atoms with Gasteiger partial charge in [-0.15, -0.1) is 0 Å². The van der Waals surface area contributed by atoms with Crippen molar-refractivity contribution in [3.63, 3.8) is 0 Å². The molecular weight excluding hydrogens is 313 g/mol. The SMILES string of the molecule is CC[C@H](C)Oc1ccc(/C=C(/C#N)c2cccc(F)c2)cc1Cl. The third-order valence-corrected chi connectivity index (χ3v) is 3.72. The molecule has 1 atom stereocenters. The van der Waals surface area contributed by atoms with Gasteiger partial charge in [-0.3, -0.25) is 0 Å². The quantitative estimate of drug-likeness (QED) is 0.519. The number of hydrogen-bond acceptors (Lipinski definition) is 2. The molecule has 2 aromatic rings. The highest BCUT2D eigenvalue weighted by Crippen LogP contribution is 2.28. The Labute approximate surface area is 140 Å². The molecule has 0 saturated heterocycles. The van der Waals surface area contributed by atoms with Crippen LogP contribution in [-0.4, -0.2) is 6.10 Å². The van der Waals surface area contributed by atoms with Crippen molar-refractivity contribution in [2.24, 2.45) is 0 Å². The minimum absolute atomic E-state index is 0.0795. The van der Waals surface area contributed by atoms with Crippen molar-refractivity contribution in [3.8, 4) is 11.8 Å². The molecule has 0 fully saturated rings. The van der Waals surface area contributed by atoms with E-state index in [4.69, 9.17) is 16.3 Å². The van der Waals surface area contributed by atoms with Crippen molar-refractivity contribution in [2.75, 3.05) is 0 Å². The number of halogens is 2. The van der Waals surface area contributed by atoms with Crippen molar-refractivity contribution in [1.29, 1.82) is 5.26 Å². The first-order chi connectivity index (χ1) is 11.0. The predicted molar refractivity (Wildman–Crippen MR) is 91.7 cm³/mol. The number of nitrogens with zero attached hydrogens (tertiary/aromatic N) is 1. The highest BCUT2D eigenvalue weighted by molar-refractivity contribution is 6.32. The van der Waals surface area contributed by atoms with E-state index >= 15 is 0 Å². The van der Waals surface area contributed by atoms with Gasteiger partial charge >= 0.3 is 0 Å². The molecule has 0 aliphatic carbocycles. The minimum atomic E-state index is -0.376. The molecule has 0 bridgehead atoms. The molecule has 2 rings (SSSR count). The van der Waals surface area contributed by atoms with Gasteiger partial charge in [0.15, 0.2) is 0 Å². The summed E-state index contributed by atoms with van der Waals surface area (Å²) in [5.74, 6) is 0.237. The first-order valence-corrected chi connectivity index (χ1v) is 7.75. The topological polar surface area (TPSA) is 33.0 Å². The van der Waals surface area contributed by atoms with Gasteiger partial charge in [0.25, 0.3) is 0 Å². The summed E-state index contributed by atoms with van der Waals surface area (Å²) < 4.78 is 19.0. The summed E-state index contributed by atoms with van der Waals surface area (Å²) in [4.78, 5) is 0. The van der Waals surface area contributed by atoms with Crippen LogP contribution in [0.15, 0.2) is 42.5 Å². The molecule has 0 saturated carbocycles. The molecule has 23 heavy (non-hydrogen) atoms. The summed E-state index contributed by atoms with van der Waals surface area (Å²) >= 11 is 6.23.